The Morgan fingerprint density at radius 2 is 2.28 bits per heavy atom. The molecule has 29 heavy (non-hydrogen) atoms. The van der Waals surface area contributed by atoms with Crippen LogP contribution >= 0.6 is 24.0 Å². The van der Waals surface area contributed by atoms with Gasteiger partial charge in [-0.05, 0) is 27.2 Å². The minimum Gasteiger partial charge on any atom is -0.379 e. The van der Waals surface area contributed by atoms with E-state index in [1.807, 2.05) is 4.68 Å². The zero-order chi connectivity index (χ0) is 19.9. The zero-order valence-electron chi connectivity index (χ0n) is 18.1. The van der Waals surface area contributed by atoms with Crippen molar-refractivity contribution in [2.45, 2.75) is 64.9 Å². The lowest BCUT2D eigenvalue weighted by Gasteiger charge is -2.37. The monoisotopic (exact) mass is 521 g/mol. The predicted octanol–water partition coefficient (Wildman–Crippen LogP) is 1.02. The van der Waals surface area contributed by atoms with Gasteiger partial charge in [-0.1, -0.05) is 0 Å². The fourth-order valence-corrected chi connectivity index (χ4v) is 3.91. The molecule has 2 N–H and O–H groups in total. The molecule has 166 valence electrons. The Balaban J connectivity index is 0.00000300. The van der Waals surface area contributed by atoms with Crippen LogP contribution in [0.15, 0.2) is 4.99 Å². The molecule has 2 aliphatic heterocycles. The van der Waals surface area contributed by atoms with Gasteiger partial charge in [-0.3, -0.25) is 9.89 Å². The van der Waals surface area contributed by atoms with Gasteiger partial charge in [-0.2, -0.15) is 5.10 Å². The first-order chi connectivity index (χ1) is 13.6. The summed E-state index contributed by atoms with van der Waals surface area (Å²) in [6.45, 7) is 12.0. The summed E-state index contributed by atoms with van der Waals surface area (Å²) in [5.74, 6) is 2.68. The lowest BCUT2D eigenvalue weighted by atomic mass is 10.1. The number of guanidine groups is 1. The van der Waals surface area contributed by atoms with Gasteiger partial charge in [0, 0.05) is 44.7 Å². The molecule has 1 aromatic heterocycles. The Labute approximate surface area is 191 Å². The van der Waals surface area contributed by atoms with Crippen molar-refractivity contribution < 1.29 is 9.47 Å². The Morgan fingerprint density at radius 3 is 3.00 bits per heavy atom. The van der Waals surface area contributed by atoms with E-state index in [0.29, 0.717) is 24.7 Å². The fraction of sp³-hybridized carbons (Fsp3) is 0.842. The van der Waals surface area contributed by atoms with E-state index in [9.17, 15) is 0 Å². The first-order valence-corrected chi connectivity index (χ1v) is 10.4. The molecule has 0 aliphatic carbocycles. The Bertz CT molecular complexity index is 655. The summed E-state index contributed by atoms with van der Waals surface area (Å²) in [6.07, 6.45) is 1.93. The van der Waals surface area contributed by atoms with Crippen molar-refractivity contribution >= 4 is 29.9 Å². The normalized spacial score (nSPS) is 23.8. The summed E-state index contributed by atoms with van der Waals surface area (Å²) in [7, 11) is 1.67. The van der Waals surface area contributed by atoms with E-state index in [-0.39, 0.29) is 24.0 Å². The highest BCUT2D eigenvalue weighted by molar-refractivity contribution is 14.0. The molecule has 1 saturated heterocycles. The molecule has 2 aliphatic rings. The molecule has 0 spiro atoms. The highest BCUT2D eigenvalue weighted by Crippen LogP contribution is 2.14. The van der Waals surface area contributed by atoms with E-state index in [4.69, 9.17) is 14.5 Å². The maximum absolute atomic E-state index is 5.55. The first kappa shape index (κ1) is 24.3. The number of morpholine rings is 1. The highest BCUT2D eigenvalue weighted by Gasteiger charge is 2.25. The Hall–Kier alpha value is -0.980. The molecule has 0 aromatic carbocycles. The van der Waals surface area contributed by atoms with Crippen LogP contribution in [0.25, 0.3) is 0 Å². The van der Waals surface area contributed by atoms with Crippen molar-refractivity contribution in [1.29, 1.82) is 0 Å². The summed E-state index contributed by atoms with van der Waals surface area (Å²) >= 11 is 0. The van der Waals surface area contributed by atoms with Crippen molar-refractivity contribution in [3.63, 3.8) is 0 Å². The molecule has 3 atom stereocenters. The van der Waals surface area contributed by atoms with Crippen LogP contribution in [-0.4, -0.2) is 83.7 Å². The quantitative estimate of drug-likeness (QED) is 0.315. The average molecular weight is 521 g/mol. The molecule has 10 heteroatoms. The van der Waals surface area contributed by atoms with Crippen molar-refractivity contribution in [1.82, 2.24) is 30.3 Å². The second kappa shape index (κ2) is 12.0. The van der Waals surface area contributed by atoms with Crippen LogP contribution in [0.4, 0.5) is 0 Å². The average Bonchev–Trinajstić information content (AvgIpc) is 3.08. The summed E-state index contributed by atoms with van der Waals surface area (Å²) < 4.78 is 12.7. The molecule has 3 heterocycles. The number of fused-ring (bicyclic) bond motifs is 1. The SMILES string of the molecule is CCNC(=NCC(C)N1CCOCC1C)NC1CCc2nc(COC)nn2C1.I. The zero-order valence-corrected chi connectivity index (χ0v) is 20.4. The number of aromatic nitrogens is 3. The molecule has 0 bridgehead atoms. The second-order valence-electron chi connectivity index (χ2n) is 7.67. The Kier molecular flexibility index (Phi) is 10.1. The van der Waals surface area contributed by atoms with E-state index in [2.05, 4.69) is 46.4 Å². The molecule has 3 unspecified atom stereocenters. The van der Waals surface area contributed by atoms with Crippen molar-refractivity contribution in [3.05, 3.63) is 11.6 Å². The maximum Gasteiger partial charge on any atom is 0.191 e. The molecule has 3 rings (SSSR count). The number of nitrogens with one attached hydrogen (secondary N) is 2. The number of rotatable bonds is 7. The molecule has 0 amide bonds. The maximum atomic E-state index is 5.55. The lowest BCUT2D eigenvalue weighted by Crippen LogP contribution is -2.50. The number of ether oxygens (including phenoxy) is 2. The fourth-order valence-electron chi connectivity index (χ4n) is 3.91. The van der Waals surface area contributed by atoms with E-state index in [1.54, 1.807) is 7.11 Å². The third-order valence-corrected chi connectivity index (χ3v) is 5.36. The molecular formula is C19H36IN7O2. The molecule has 1 fully saturated rings. The molecular weight excluding hydrogens is 485 g/mol. The number of methoxy groups -OCH3 is 1. The summed E-state index contributed by atoms with van der Waals surface area (Å²) in [6, 6.07) is 1.12. The number of aryl methyl sites for hydroxylation is 1. The van der Waals surface area contributed by atoms with Gasteiger partial charge >= 0.3 is 0 Å². The molecule has 1 aromatic rings. The van der Waals surface area contributed by atoms with Crippen LogP contribution in [0, 0.1) is 0 Å². The van der Waals surface area contributed by atoms with Gasteiger partial charge in [0.05, 0.1) is 26.3 Å². The van der Waals surface area contributed by atoms with E-state index in [0.717, 1.165) is 69.8 Å². The van der Waals surface area contributed by atoms with Gasteiger partial charge in [-0.15, -0.1) is 24.0 Å². The summed E-state index contributed by atoms with van der Waals surface area (Å²) in [5, 5.41) is 11.5. The van der Waals surface area contributed by atoms with Crippen LogP contribution in [-0.2, 0) is 29.0 Å². The topological polar surface area (TPSA) is 88.8 Å². The van der Waals surface area contributed by atoms with Crippen LogP contribution < -0.4 is 10.6 Å². The second-order valence-corrected chi connectivity index (χ2v) is 7.67. The van der Waals surface area contributed by atoms with E-state index >= 15 is 0 Å². The third-order valence-electron chi connectivity index (χ3n) is 5.36. The van der Waals surface area contributed by atoms with Gasteiger partial charge in [0.25, 0.3) is 0 Å². The van der Waals surface area contributed by atoms with Gasteiger partial charge in [-0.25, -0.2) is 9.67 Å². The lowest BCUT2D eigenvalue weighted by molar-refractivity contribution is -0.0165. The number of aliphatic imine (C=N–C) groups is 1. The third kappa shape index (κ3) is 6.76. The molecule has 0 saturated carbocycles. The van der Waals surface area contributed by atoms with Gasteiger partial charge in [0.1, 0.15) is 12.4 Å². The van der Waals surface area contributed by atoms with Crippen LogP contribution in [0.3, 0.4) is 0 Å². The van der Waals surface area contributed by atoms with Gasteiger partial charge in [0.15, 0.2) is 11.8 Å². The minimum absolute atomic E-state index is 0. The highest BCUT2D eigenvalue weighted by atomic mass is 127. The number of halogens is 1. The van der Waals surface area contributed by atoms with Crippen molar-refractivity contribution in [2.24, 2.45) is 4.99 Å². The largest absolute Gasteiger partial charge is 0.379 e. The molecule has 0 radical (unpaired) electrons. The van der Waals surface area contributed by atoms with E-state index in [1.165, 1.54) is 0 Å². The van der Waals surface area contributed by atoms with Crippen LogP contribution in [0.5, 0.6) is 0 Å². The number of hydrogen-bond acceptors (Lipinski definition) is 6. The predicted molar refractivity (Wildman–Crippen MR) is 124 cm³/mol. The van der Waals surface area contributed by atoms with Crippen molar-refractivity contribution in [3.8, 4) is 0 Å². The number of nitrogens with zero attached hydrogens (tertiary/aromatic N) is 5. The number of hydrogen-bond donors (Lipinski definition) is 2. The van der Waals surface area contributed by atoms with Gasteiger partial charge < -0.3 is 20.1 Å². The molecule has 9 nitrogen and oxygen atoms in total. The van der Waals surface area contributed by atoms with Crippen molar-refractivity contribution in [2.75, 3.05) is 40.0 Å². The standard InChI is InChI=1S/C19H35N7O2.HI/c1-5-20-19(21-10-14(2)25-8-9-28-12-15(25)3)22-16-6-7-18-23-17(13-27-4)24-26(18)11-16;/h14-16H,5-13H2,1-4H3,(H2,20,21,22);1H. The summed E-state index contributed by atoms with van der Waals surface area (Å²) in [4.78, 5) is 11.9. The smallest absolute Gasteiger partial charge is 0.191 e. The van der Waals surface area contributed by atoms with Gasteiger partial charge in [0.2, 0.25) is 0 Å². The van der Waals surface area contributed by atoms with E-state index < -0.39 is 0 Å². The Morgan fingerprint density at radius 1 is 1.45 bits per heavy atom. The van der Waals surface area contributed by atoms with Crippen LogP contribution in [0.2, 0.25) is 0 Å². The minimum atomic E-state index is 0. The van der Waals surface area contributed by atoms with Crippen LogP contribution in [0.1, 0.15) is 38.8 Å². The summed E-state index contributed by atoms with van der Waals surface area (Å²) in [5.41, 5.74) is 0. The first-order valence-electron chi connectivity index (χ1n) is 10.4.